The Morgan fingerprint density at radius 2 is 0.919 bits per heavy atom. The Bertz CT molecular complexity index is 603. The summed E-state index contributed by atoms with van der Waals surface area (Å²) >= 11 is 0. The van der Waals surface area contributed by atoms with E-state index in [1.807, 2.05) is 20.8 Å². The van der Waals surface area contributed by atoms with Crippen LogP contribution in [0.3, 0.4) is 0 Å². The number of rotatable bonds is 25. The zero-order valence-corrected chi connectivity index (χ0v) is 24.1. The van der Waals surface area contributed by atoms with Gasteiger partial charge in [0.1, 0.15) is 17.8 Å². The minimum atomic E-state index is -0.896. The molecule has 7 heteroatoms. The largest absolute Gasteiger partial charge is 0.481 e. The lowest BCUT2D eigenvalue weighted by Crippen LogP contribution is -2.58. The zero-order chi connectivity index (χ0) is 28.1. The van der Waals surface area contributed by atoms with Crippen molar-refractivity contribution in [1.82, 2.24) is 0 Å². The second-order valence-electron chi connectivity index (χ2n) is 10.8. The van der Waals surface area contributed by atoms with Crippen molar-refractivity contribution in [2.24, 2.45) is 17.8 Å². The maximum Gasteiger partial charge on any atom is 0.312 e. The maximum atomic E-state index is 11.9. The number of carboxylic acid groups (broad SMARTS) is 3. The summed E-state index contributed by atoms with van der Waals surface area (Å²) < 4.78 is 0.244. The average Bonchev–Trinajstić information content (AvgIpc) is 2.86. The molecule has 0 aromatic heterocycles. The van der Waals surface area contributed by atoms with E-state index in [9.17, 15) is 29.7 Å². The highest BCUT2D eigenvalue weighted by atomic mass is 16.4. The predicted octanol–water partition coefficient (Wildman–Crippen LogP) is 7.00. The number of hydrogen-bond donors (Lipinski definition) is 3. The molecule has 0 aliphatic rings. The summed E-state index contributed by atoms with van der Waals surface area (Å²) in [4.78, 5) is 35.8. The Morgan fingerprint density at radius 1 is 0.568 bits per heavy atom. The highest BCUT2D eigenvalue weighted by Gasteiger charge is 2.40. The van der Waals surface area contributed by atoms with Crippen LogP contribution in [-0.2, 0) is 14.4 Å². The Kier molecular flexibility index (Phi) is 20.0. The Labute approximate surface area is 225 Å². The lowest BCUT2D eigenvalue weighted by molar-refractivity contribution is -0.935. The Hall–Kier alpha value is -1.89. The summed E-state index contributed by atoms with van der Waals surface area (Å²) in [5, 5.41) is 29.3. The van der Waals surface area contributed by atoms with Gasteiger partial charge in [0.15, 0.2) is 0 Å². The van der Waals surface area contributed by atoms with Gasteiger partial charge in [-0.15, -0.1) is 0 Å². The highest BCUT2D eigenvalue weighted by molar-refractivity contribution is 5.71. The first-order valence-corrected chi connectivity index (χ1v) is 14.8. The van der Waals surface area contributed by atoms with Crippen LogP contribution in [0.2, 0.25) is 0 Å². The van der Waals surface area contributed by atoms with Gasteiger partial charge < -0.3 is 19.8 Å². The van der Waals surface area contributed by atoms with E-state index in [0.29, 0.717) is 25.8 Å². The molecule has 0 aromatic carbocycles. The van der Waals surface area contributed by atoms with Crippen molar-refractivity contribution in [1.29, 1.82) is 0 Å². The van der Waals surface area contributed by atoms with Gasteiger partial charge in [-0.3, -0.25) is 14.4 Å². The van der Waals surface area contributed by atoms with E-state index in [-0.39, 0.29) is 24.1 Å². The maximum absolute atomic E-state index is 11.9. The monoisotopic (exact) mass is 526 g/mol. The lowest BCUT2D eigenvalue weighted by atomic mass is 9.95. The quantitative estimate of drug-likeness (QED) is 0.0670. The molecule has 0 rings (SSSR count). The van der Waals surface area contributed by atoms with E-state index in [0.717, 1.165) is 32.1 Å². The van der Waals surface area contributed by atoms with E-state index in [1.165, 1.54) is 38.5 Å². The molecule has 216 valence electrons. The van der Waals surface area contributed by atoms with Crippen molar-refractivity contribution < 1.29 is 34.2 Å². The first kappa shape index (κ1) is 35.1. The number of quaternary nitrogens is 1. The average molecular weight is 527 g/mol. The third-order valence-corrected chi connectivity index (χ3v) is 7.74. The first-order valence-electron chi connectivity index (χ1n) is 14.8. The van der Waals surface area contributed by atoms with Crippen molar-refractivity contribution >= 4 is 17.9 Å². The van der Waals surface area contributed by atoms with E-state index in [4.69, 9.17) is 0 Å². The van der Waals surface area contributed by atoms with E-state index in [2.05, 4.69) is 19.1 Å². The number of aliphatic carboxylic acids is 3. The van der Waals surface area contributed by atoms with Gasteiger partial charge in [-0.05, 0) is 57.8 Å². The summed E-state index contributed by atoms with van der Waals surface area (Å²) in [6.07, 6.45) is 18.6. The molecule has 0 saturated carbocycles. The van der Waals surface area contributed by atoms with Crippen LogP contribution >= 0.6 is 0 Å². The minimum Gasteiger partial charge on any atom is -0.481 e. The molecule has 0 amide bonds. The lowest BCUT2D eigenvalue weighted by Gasteiger charge is -2.43. The SMILES string of the molecule is CCCCCCCC/C=C/CCCCC[N+](CC(CC)C(=O)O)(CC(CC)C(=O)O)CC(CC)C(=O)O. The van der Waals surface area contributed by atoms with Crippen molar-refractivity contribution in [3.8, 4) is 0 Å². The van der Waals surface area contributed by atoms with E-state index in [1.54, 1.807) is 0 Å². The van der Waals surface area contributed by atoms with Gasteiger partial charge in [-0.25, -0.2) is 0 Å². The number of hydrogen-bond acceptors (Lipinski definition) is 3. The Morgan fingerprint density at radius 3 is 1.27 bits per heavy atom. The van der Waals surface area contributed by atoms with Crippen LogP contribution in [0.4, 0.5) is 0 Å². The molecule has 0 bridgehead atoms. The van der Waals surface area contributed by atoms with Gasteiger partial charge in [0.2, 0.25) is 0 Å². The van der Waals surface area contributed by atoms with Crippen molar-refractivity contribution in [2.45, 2.75) is 118 Å². The van der Waals surface area contributed by atoms with Crippen LogP contribution in [0.15, 0.2) is 12.2 Å². The fourth-order valence-electron chi connectivity index (χ4n) is 5.21. The van der Waals surface area contributed by atoms with Gasteiger partial charge in [-0.1, -0.05) is 72.0 Å². The van der Waals surface area contributed by atoms with Crippen LogP contribution in [-0.4, -0.2) is 63.9 Å². The Balaban J connectivity index is 5.20. The number of unbranched alkanes of at least 4 members (excludes halogenated alkanes) is 9. The van der Waals surface area contributed by atoms with Crippen molar-refractivity contribution in [3.63, 3.8) is 0 Å². The fourth-order valence-corrected chi connectivity index (χ4v) is 5.21. The van der Waals surface area contributed by atoms with Crippen LogP contribution in [0, 0.1) is 17.8 Å². The van der Waals surface area contributed by atoms with Crippen LogP contribution in [0.5, 0.6) is 0 Å². The molecular weight excluding hydrogens is 470 g/mol. The van der Waals surface area contributed by atoms with Gasteiger partial charge in [-0.2, -0.15) is 0 Å². The van der Waals surface area contributed by atoms with Crippen molar-refractivity contribution in [3.05, 3.63) is 12.2 Å². The van der Waals surface area contributed by atoms with E-state index < -0.39 is 35.7 Å². The summed E-state index contributed by atoms with van der Waals surface area (Å²) in [6, 6.07) is 0. The molecule has 7 nitrogen and oxygen atoms in total. The molecule has 0 spiro atoms. The fraction of sp³-hybridized carbons (Fsp3) is 0.833. The molecule has 0 saturated heterocycles. The topological polar surface area (TPSA) is 112 Å². The van der Waals surface area contributed by atoms with Crippen LogP contribution < -0.4 is 0 Å². The van der Waals surface area contributed by atoms with Gasteiger partial charge in [0.25, 0.3) is 0 Å². The molecule has 0 radical (unpaired) electrons. The van der Waals surface area contributed by atoms with E-state index >= 15 is 0 Å². The molecule has 0 aliphatic heterocycles. The van der Waals surface area contributed by atoms with Crippen LogP contribution in [0.1, 0.15) is 118 Å². The number of allylic oxidation sites excluding steroid dienone is 2. The molecule has 37 heavy (non-hydrogen) atoms. The molecule has 3 unspecified atom stereocenters. The van der Waals surface area contributed by atoms with Gasteiger partial charge in [0, 0.05) is 0 Å². The second-order valence-corrected chi connectivity index (χ2v) is 10.8. The molecule has 3 N–H and O–H groups in total. The van der Waals surface area contributed by atoms with Gasteiger partial charge in [0.05, 0.1) is 26.2 Å². The number of nitrogens with zero attached hydrogens (tertiary/aromatic N) is 1. The standard InChI is InChI=1S/C30H55NO6/c1-5-9-10-11-12-13-14-15-16-17-18-19-20-21-31(22-25(6-2)28(32)33,23-26(7-3)29(34)35)24-27(8-4)30(36)37/h15-16,25-27H,5-14,17-24H2,1-4H3,(H2-,32,33,34,35,36,37)/p+1/b16-15+. The molecule has 0 aromatic rings. The normalized spacial score (nSPS) is 15.8. The highest BCUT2D eigenvalue weighted by Crippen LogP contribution is 2.25. The molecule has 0 aliphatic carbocycles. The molecule has 0 fully saturated rings. The summed E-state index contributed by atoms with van der Waals surface area (Å²) in [5.74, 6) is -4.56. The first-order chi connectivity index (χ1) is 17.7. The summed E-state index contributed by atoms with van der Waals surface area (Å²) in [5.41, 5.74) is 0. The van der Waals surface area contributed by atoms with Crippen LogP contribution in [0.25, 0.3) is 0 Å². The minimum absolute atomic E-state index is 0.244. The van der Waals surface area contributed by atoms with Crippen molar-refractivity contribution in [2.75, 3.05) is 26.2 Å². The smallest absolute Gasteiger partial charge is 0.312 e. The van der Waals surface area contributed by atoms with Gasteiger partial charge >= 0.3 is 17.9 Å². The molecular formula is C30H56NO6+. The molecule has 0 heterocycles. The summed E-state index contributed by atoms with van der Waals surface area (Å²) in [6.45, 7) is 9.15. The third-order valence-electron chi connectivity index (χ3n) is 7.74. The number of carboxylic acids is 3. The summed E-state index contributed by atoms with van der Waals surface area (Å²) in [7, 11) is 0. The zero-order valence-electron chi connectivity index (χ0n) is 24.1. The molecule has 3 atom stereocenters. The third kappa shape index (κ3) is 15.8. The predicted molar refractivity (Wildman–Crippen MR) is 150 cm³/mol. The second kappa shape index (κ2) is 21.1. The number of carbonyl (C=O) groups is 3.